The van der Waals surface area contributed by atoms with Gasteiger partial charge >= 0.3 is 0 Å². The number of aromatic nitrogens is 2. The van der Waals surface area contributed by atoms with E-state index in [0.29, 0.717) is 29.8 Å². The molecule has 7 rings (SSSR count). The zero-order valence-electron chi connectivity index (χ0n) is 24.7. The monoisotopic (exact) mass is 594 g/mol. The summed E-state index contributed by atoms with van der Waals surface area (Å²) in [6, 6.07) is 38.3. The van der Waals surface area contributed by atoms with Gasteiger partial charge in [0.2, 0.25) is 5.88 Å². The van der Waals surface area contributed by atoms with Crippen LogP contribution < -0.4 is 9.47 Å². The summed E-state index contributed by atoms with van der Waals surface area (Å²) >= 11 is 0. The number of pyridine rings is 1. The zero-order valence-corrected chi connectivity index (χ0v) is 24.7. The number of hydrogen-bond acceptors (Lipinski definition) is 4. The second-order valence-corrected chi connectivity index (χ2v) is 10.9. The summed E-state index contributed by atoms with van der Waals surface area (Å²) in [6.07, 6.45) is 3.23. The van der Waals surface area contributed by atoms with Gasteiger partial charge in [0.05, 0.1) is 18.5 Å². The molecule has 0 amide bonds. The van der Waals surface area contributed by atoms with Gasteiger partial charge in [-0.25, -0.2) is 4.39 Å². The van der Waals surface area contributed by atoms with Gasteiger partial charge in [-0.05, 0) is 59.5 Å². The van der Waals surface area contributed by atoms with Gasteiger partial charge in [0.1, 0.15) is 23.2 Å². The summed E-state index contributed by atoms with van der Waals surface area (Å²) < 4.78 is 28.2. The first-order valence-corrected chi connectivity index (χ1v) is 15.0. The minimum absolute atomic E-state index is 0.0453. The van der Waals surface area contributed by atoms with Crippen molar-refractivity contribution in [2.75, 3.05) is 6.61 Å². The fourth-order valence-electron chi connectivity index (χ4n) is 5.93. The maximum atomic E-state index is 13.7. The molecular weight excluding hydrogens is 563 g/mol. The molecule has 0 fully saturated rings. The Morgan fingerprint density at radius 2 is 1.44 bits per heavy atom. The SMILES string of the molecule is CCOc1ccc(-c2c3cccnc3c(OC(c3ccccc3)c3ccccc3)c3c(O)n(Cc4ccc(F)cc4)cc23)cc1. The van der Waals surface area contributed by atoms with Crippen molar-refractivity contribution >= 4 is 21.7 Å². The molecule has 1 N–H and O–H groups in total. The van der Waals surface area contributed by atoms with E-state index in [-0.39, 0.29) is 11.7 Å². The van der Waals surface area contributed by atoms with Crippen LogP contribution in [0.3, 0.4) is 0 Å². The quantitative estimate of drug-likeness (QED) is 0.181. The Kier molecular flexibility index (Phi) is 7.62. The van der Waals surface area contributed by atoms with Crippen LogP contribution in [0.25, 0.3) is 32.8 Å². The maximum Gasteiger partial charge on any atom is 0.203 e. The van der Waals surface area contributed by atoms with E-state index in [2.05, 4.69) is 0 Å². The van der Waals surface area contributed by atoms with Gasteiger partial charge in [0, 0.05) is 28.7 Å². The van der Waals surface area contributed by atoms with Crippen molar-refractivity contribution in [1.82, 2.24) is 9.55 Å². The maximum absolute atomic E-state index is 13.7. The standard InChI is InChI=1S/C39H31FN2O3/c1-2-44-31-21-17-27(18-22-31)34-32-14-9-23-41-36(32)38(45-37(28-10-5-3-6-11-28)29-12-7-4-8-13-29)35-33(34)25-42(39(35)43)24-26-15-19-30(40)20-16-26/h3-23,25,37,43H,2,24H2,1H3. The van der Waals surface area contributed by atoms with Crippen molar-refractivity contribution < 1.29 is 19.0 Å². The van der Waals surface area contributed by atoms with E-state index in [1.54, 1.807) is 22.9 Å². The largest absolute Gasteiger partial charge is 0.494 e. The van der Waals surface area contributed by atoms with Crippen LogP contribution in [0, 0.1) is 5.82 Å². The van der Waals surface area contributed by atoms with Crippen molar-refractivity contribution in [2.24, 2.45) is 0 Å². The molecule has 7 aromatic rings. The first-order valence-electron chi connectivity index (χ1n) is 15.0. The summed E-state index contributed by atoms with van der Waals surface area (Å²) in [5, 5.41) is 14.2. The van der Waals surface area contributed by atoms with Gasteiger partial charge in [0.25, 0.3) is 0 Å². The Balaban J connectivity index is 1.49. The molecule has 0 spiro atoms. The van der Waals surface area contributed by atoms with E-state index in [1.165, 1.54) is 12.1 Å². The van der Waals surface area contributed by atoms with Gasteiger partial charge in [-0.1, -0.05) is 91.0 Å². The number of benzene rings is 5. The predicted molar refractivity (Wildman–Crippen MR) is 176 cm³/mol. The highest BCUT2D eigenvalue weighted by atomic mass is 19.1. The fraction of sp³-hybridized carbons (Fsp3) is 0.103. The van der Waals surface area contributed by atoms with E-state index in [1.807, 2.05) is 110 Å². The second kappa shape index (κ2) is 12.2. The third kappa shape index (κ3) is 5.47. The molecule has 0 radical (unpaired) electrons. The number of nitrogens with zero attached hydrogens (tertiary/aromatic N) is 2. The van der Waals surface area contributed by atoms with Crippen LogP contribution in [0.1, 0.15) is 29.7 Å². The van der Waals surface area contributed by atoms with Crippen molar-refractivity contribution in [3.05, 3.63) is 156 Å². The molecule has 0 unspecified atom stereocenters. The summed E-state index contributed by atoms with van der Waals surface area (Å²) in [6.45, 7) is 2.88. The van der Waals surface area contributed by atoms with E-state index in [0.717, 1.165) is 44.3 Å². The van der Waals surface area contributed by atoms with E-state index in [9.17, 15) is 9.50 Å². The Labute approximate surface area is 260 Å². The number of rotatable bonds is 9. The Morgan fingerprint density at radius 3 is 2.09 bits per heavy atom. The van der Waals surface area contributed by atoms with Crippen LogP contribution in [0.4, 0.5) is 4.39 Å². The Morgan fingerprint density at radius 1 is 0.778 bits per heavy atom. The van der Waals surface area contributed by atoms with Gasteiger partial charge in [-0.15, -0.1) is 0 Å². The lowest BCUT2D eigenvalue weighted by molar-refractivity contribution is 0.252. The van der Waals surface area contributed by atoms with Crippen molar-refractivity contribution in [3.8, 4) is 28.5 Å². The van der Waals surface area contributed by atoms with Crippen LogP contribution in [-0.2, 0) is 6.54 Å². The number of halogens is 1. The normalized spacial score (nSPS) is 11.4. The van der Waals surface area contributed by atoms with Crippen LogP contribution in [0.2, 0.25) is 0 Å². The third-order valence-corrected chi connectivity index (χ3v) is 8.00. The molecule has 5 nitrogen and oxygen atoms in total. The average Bonchev–Trinajstić information content (AvgIpc) is 3.40. The van der Waals surface area contributed by atoms with E-state index < -0.39 is 6.10 Å². The first kappa shape index (κ1) is 28.2. The first-order chi connectivity index (χ1) is 22.1. The molecule has 6 heteroatoms. The average molecular weight is 595 g/mol. The van der Waals surface area contributed by atoms with Gasteiger partial charge in [-0.2, -0.15) is 0 Å². The molecule has 2 aromatic heterocycles. The Hall–Kier alpha value is -5.62. The number of fused-ring (bicyclic) bond motifs is 2. The molecule has 0 saturated heterocycles. The minimum atomic E-state index is -0.461. The smallest absolute Gasteiger partial charge is 0.203 e. The van der Waals surface area contributed by atoms with Crippen LogP contribution >= 0.6 is 0 Å². The topological polar surface area (TPSA) is 56.5 Å². The zero-order chi connectivity index (χ0) is 30.8. The summed E-state index contributed by atoms with van der Waals surface area (Å²) in [7, 11) is 0. The summed E-state index contributed by atoms with van der Waals surface area (Å²) in [5.74, 6) is 1.01. The van der Waals surface area contributed by atoms with Crippen molar-refractivity contribution in [2.45, 2.75) is 19.6 Å². The highest BCUT2D eigenvalue weighted by molar-refractivity contribution is 6.17. The Bertz CT molecular complexity index is 2040. The van der Waals surface area contributed by atoms with Crippen molar-refractivity contribution in [3.63, 3.8) is 0 Å². The highest BCUT2D eigenvalue weighted by Gasteiger charge is 2.26. The number of aromatic hydroxyl groups is 1. The lowest BCUT2D eigenvalue weighted by atomic mass is 9.94. The molecule has 0 aliphatic rings. The molecule has 222 valence electrons. The molecule has 5 aromatic carbocycles. The van der Waals surface area contributed by atoms with Crippen LogP contribution in [0.5, 0.6) is 17.4 Å². The molecular formula is C39H31FN2O3. The van der Waals surface area contributed by atoms with Gasteiger partial charge in [0.15, 0.2) is 5.75 Å². The fourth-order valence-corrected chi connectivity index (χ4v) is 5.93. The van der Waals surface area contributed by atoms with E-state index in [4.69, 9.17) is 14.5 Å². The number of hydrogen-bond donors (Lipinski definition) is 1. The molecule has 0 aliphatic heterocycles. The van der Waals surface area contributed by atoms with Crippen LogP contribution in [-0.4, -0.2) is 21.3 Å². The minimum Gasteiger partial charge on any atom is -0.494 e. The summed E-state index contributed by atoms with van der Waals surface area (Å²) in [4.78, 5) is 4.84. The molecule has 45 heavy (non-hydrogen) atoms. The molecule has 0 aliphatic carbocycles. The van der Waals surface area contributed by atoms with E-state index >= 15 is 0 Å². The highest BCUT2D eigenvalue weighted by Crippen LogP contribution is 2.48. The second-order valence-electron chi connectivity index (χ2n) is 10.9. The van der Waals surface area contributed by atoms with Gasteiger partial charge in [-0.3, -0.25) is 4.98 Å². The third-order valence-electron chi connectivity index (χ3n) is 8.00. The molecule has 2 heterocycles. The predicted octanol–water partition coefficient (Wildman–Crippen LogP) is 9.32. The van der Waals surface area contributed by atoms with Gasteiger partial charge < -0.3 is 19.1 Å². The van der Waals surface area contributed by atoms with Crippen molar-refractivity contribution in [1.29, 1.82) is 0 Å². The summed E-state index contributed by atoms with van der Waals surface area (Å²) in [5.41, 5.74) is 5.32. The van der Waals surface area contributed by atoms with Crippen LogP contribution in [0.15, 0.2) is 134 Å². The molecule has 0 bridgehead atoms. The lowest BCUT2D eigenvalue weighted by Gasteiger charge is -2.23. The molecule has 0 saturated carbocycles. The molecule has 0 atom stereocenters. The number of ether oxygens (including phenoxy) is 2. The lowest BCUT2D eigenvalue weighted by Crippen LogP contribution is -2.10.